The van der Waals surface area contributed by atoms with Crippen LogP contribution in [-0.2, 0) is 13.0 Å². The molecule has 2 rings (SSSR count). The van der Waals surface area contributed by atoms with E-state index in [0.29, 0.717) is 13.2 Å². The van der Waals surface area contributed by atoms with Crippen LogP contribution < -0.4 is 15.2 Å². The molecule has 0 saturated heterocycles. The maximum Gasteiger partial charge on any atom is 0.165 e. The molecule has 2 aromatic rings. The molecule has 0 bridgehead atoms. The Hall–Kier alpha value is -2.08. The summed E-state index contributed by atoms with van der Waals surface area (Å²) in [6.45, 7) is 5.06. The van der Waals surface area contributed by atoms with Gasteiger partial charge in [-0.3, -0.25) is 0 Å². The first-order valence-electron chi connectivity index (χ1n) is 7.04. The lowest BCUT2D eigenvalue weighted by molar-refractivity contribution is 0.278. The van der Waals surface area contributed by atoms with Gasteiger partial charge in [0.05, 0.1) is 7.11 Å². The number of benzene rings is 1. The van der Waals surface area contributed by atoms with Gasteiger partial charge in [0.1, 0.15) is 24.4 Å². The predicted octanol–water partition coefficient (Wildman–Crippen LogP) is 1.95. The summed E-state index contributed by atoms with van der Waals surface area (Å²) >= 11 is 0. The van der Waals surface area contributed by atoms with Crippen molar-refractivity contribution in [1.82, 2.24) is 14.8 Å². The summed E-state index contributed by atoms with van der Waals surface area (Å²) in [6.07, 6.45) is 2.31. The Morgan fingerprint density at radius 2 is 2.14 bits per heavy atom. The second-order valence-corrected chi connectivity index (χ2v) is 5.02. The van der Waals surface area contributed by atoms with Crippen molar-refractivity contribution in [2.75, 3.05) is 13.7 Å². The van der Waals surface area contributed by atoms with Crippen molar-refractivity contribution in [3.8, 4) is 11.5 Å². The zero-order valence-electron chi connectivity index (χ0n) is 12.7. The van der Waals surface area contributed by atoms with E-state index < -0.39 is 0 Å². The first-order valence-corrected chi connectivity index (χ1v) is 7.04. The van der Waals surface area contributed by atoms with Gasteiger partial charge in [-0.05, 0) is 38.4 Å². The highest BCUT2D eigenvalue weighted by Crippen LogP contribution is 2.26. The summed E-state index contributed by atoms with van der Waals surface area (Å²) in [5.41, 5.74) is 6.71. The Kier molecular flexibility index (Phi) is 5.16. The molecule has 6 nitrogen and oxygen atoms in total. The van der Waals surface area contributed by atoms with E-state index in [2.05, 4.69) is 23.9 Å². The number of aromatic nitrogens is 3. The topological polar surface area (TPSA) is 75.2 Å². The van der Waals surface area contributed by atoms with Crippen LogP contribution in [0, 0.1) is 0 Å². The maximum absolute atomic E-state index is 5.91. The molecule has 0 atom stereocenters. The molecule has 0 saturated carbocycles. The number of methoxy groups -OCH3 is 1. The monoisotopic (exact) mass is 290 g/mol. The fourth-order valence-electron chi connectivity index (χ4n) is 2.11. The highest BCUT2D eigenvalue weighted by atomic mass is 16.5. The molecule has 0 spiro atoms. The van der Waals surface area contributed by atoms with Crippen LogP contribution in [-0.4, -0.2) is 28.4 Å². The average molecular weight is 290 g/mol. The van der Waals surface area contributed by atoms with E-state index in [4.69, 9.17) is 15.2 Å². The zero-order chi connectivity index (χ0) is 15.2. The summed E-state index contributed by atoms with van der Waals surface area (Å²) in [7, 11) is 1.64. The van der Waals surface area contributed by atoms with E-state index in [-0.39, 0.29) is 6.04 Å². The second kappa shape index (κ2) is 7.08. The van der Waals surface area contributed by atoms with Gasteiger partial charge in [-0.1, -0.05) is 6.07 Å². The van der Waals surface area contributed by atoms with Crippen LogP contribution in [0.3, 0.4) is 0 Å². The van der Waals surface area contributed by atoms with Gasteiger partial charge in [0.15, 0.2) is 5.82 Å². The smallest absolute Gasteiger partial charge is 0.165 e. The number of ether oxygens (including phenoxy) is 2. The van der Waals surface area contributed by atoms with Crippen LogP contribution in [0.2, 0.25) is 0 Å². The number of hydrogen-bond donors (Lipinski definition) is 1. The molecule has 0 unspecified atom stereocenters. The van der Waals surface area contributed by atoms with E-state index in [9.17, 15) is 0 Å². The molecular formula is C15H22N4O2. The quantitative estimate of drug-likeness (QED) is 0.843. The minimum atomic E-state index is 0.250. The minimum absolute atomic E-state index is 0.250. The van der Waals surface area contributed by atoms with Crippen LogP contribution >= 0.6 is 0 Å². The van der Waals surface area contributed by atoms with Crippen LogP contribution in [0.25, 0.3) is 0 Å². The molecule has 1 heterocycles. The highest BCUT2D eigenvalue weighted by Gasteiger charge is 2.10. The third-order valence-corrected chi connectivity index (χ3v) is 3.18. The van der Waals surface area contributed by atoms with Crippen LogP contribution in [0.15, 0.2) is 24.5 Å². The lowest BCUT2D eigenvalue weighted by Crippen LogP contribution is -2.12. The van der Waals surface area contributed by atoms with Gasteiger partial charge in [-0.25, -0.2) is 9.67 Å². The first-order chi connectivity index (χ1) is 10.2. The molecule has 1 aromatic heterocycles. The fourth-order valence-corrected chi connectivity index (χ4v) is 2.11. The van der Waals surface area contributed by atoms with E-state index in [0.717, 1.165) is 29.3 Å². The van der Waals surface area contributed by atoms with Crippen molar-refractivity contribution < 1.29 is 9.47 Å². The van der Waals surface area contributed by atoms with Gasteiger partial charge < -0.3 is 15.2 Å². The van der Waals surface area contributed by atoms with Gasteiger partial charge in [-0.2, -0.15) is 5.10 Å². The minimum Gasteiger partial charge on any atom is -0.497 e. The van der Waals surface area contributed by atoms with Gasteiger partial charge in [0.2, 0.25) is 0 Å². The predicted molar refractivity (Wildman–Crippen MR) is 80.5 cm³/mol. The zero-order valence-corrected chi connectivity index (χ0v) is 12.7. The molecule has 6 heteroatoms. The molecule has 0 fully saturated rings. The highest BCUT2D eigenvalue weighted by molar-refractivity contribution is 5.41. The lowest BCUT2D eigenvalue weighted by atomic mass is 10.1. The van der Waals surface area contributed by atoms with Crippen molar-refractivity contribution in [2.45, 2.75) is 32.9 Å². The molecular weight excluding hydrogens is 268 g/mol. The summed E-state index contributed by atoms with van der Waals surface area (Å²) in [5.74, 6) is 2.33. The Labute approximate surface area is 124 Å². The Morgan fingerprint density at radius 3 is 2.81 bits per heavy atom. The number of nitrogens with two attached hydrogens (primary N) is 1. The largest absolute Gasteiger partial charge is 0.497 e. The van der Waals surface area contributed by atoms with E-state index in [1.807, 2.05) is 22.9 Å². The summed E-state index contributed by atoms with van der Waals surface area (Å²) in [6, 6.07) is 6.02. The molecule has 1 aromatic carbocycles. The van der Waals surface area contributed by atoms with E-state index in [1.54, 1.807) is 13.4 Å². The third kappa shape index (κ3) is 3.72. The molecule has 21 heavy (non-hydrogen) atoms. The van der Waals surface area contributed by atoms with E-state index in [1.165, 1.54) is 0 Å². The van der Waals surface area contributed by atoms with Gasteiger partial charge in [0, 0.05) is 12.1 Å². The Bertz CT molecular complexity index is 581. The normalized spacial score (nSPS) is 10.9. The first kappa shape index (κ1) is 15.3. The van der Waals surface area contributed by atoms with Crippen LogP contribution in [0.1, 0.15) is 31.3 Å². The summed E-state index contributed by atoms with van der Waals surface area (Å²) in [5, 5.41) is 4.20. The standard InChI is InChI=1S/C15H22N4O2/c1-11(2)19-15(17-10-18-19)9-21-14-8-13(20-3)5-4-12(14)6-7-16/h4-5,8,10-11H,6-7,9,16H2,1-3H3. The van der Waals surface area contributed by atoms with Crippen molar-refractivity contribution >= 4 is 0 Å². The van der Waals surface area contributed by atoms with Crippen molar-refractivity contribution in [2.24, 2.45) is 5.73 Å². The number of hydrogen-bond acceptors (Lipinski definition) is 5. The lowest BCUT2D eigenvalue weighted by Gasteiger charge is -2.14. The van der Waals surface area contributed by atoms with Crippen molar-refractivity contribution in [1.29, 1.82) is 0 Å². The summed E-state index contributed by atoms with van der Waals surface area (Å²) < 4.78 is 13.0. The van der Waals surface area contributed by atoms with Gasteiger partial charge in [-0.15, -0.1) is 0 Å². The fraction of sp³-hybridized carbons (Fsp3) is 0.467. The second-order valence-electron chi connectivity index (χ2n) is 5.02. The van der Waals surface area contributed by atoms with Crippen LogP contribution in [0.5, 0.6) is 11.5 Å². The van der Waals surface area contributed by atoms with Crippen molar-refractivity contribution in [3.63, 3.8) is 0 Å². The van der Waals surface area contributed by atoms with Gasteiger partial charge in [0.25, 0.3) is 0 Å². The Balaban J connectivity index is 2.16. The third-order valence-electron chi connectivity index (χ3n) is 3.18. The molecule has 114 valence electrons. The van der Waals surface area contributed by atoms with Crippen LogP contribution in [0.4, 0.5) is 0 Å². The molecule has 0 amide bonds. The molecule has 0 aliphatic heterocycles. The molecule has 2 N–H and O–H groups in total. The summed E-state index contributed by atoms with van der Waals surface area (Å²) in [4.78, 5) is 4.24. The molecule has 0 aliphatic rings. The molecule has 0 radical (unpaired) electrons. The van der Waals surface area contributed by atoms with Crippen molar-refractivity contribution in [3.05, 3.63) is 35.9 Å². The number of nitrogens with zero attached hydrogens (tertiary/aromatic N) is 3. The SMILES string of the molecule is COc1ccc(CCN)c(OCc2ncnn2C(C)C)c1. The average Bonchev–Trinajstić information content (AvgIpc) is 2.95. The van der Waals surface area contributed by atoms with E-state index >= 15 is 0 Å². The Morgan fingerprint density at radius 1 is 1.33 bits per heavy atom. The maximum atomic E-state index is 5.91. The number of rotatable bonds is 7. The molecule has 0 aliphatic carbocycles. The van der Waals surface area contributed by atoms with Gasteiger partial charge >= 0.3 is 0 Å².